The van der Waals surface area contributed by atoms with Crippen molar-refractivity contribution in [3.05, 3.63) is 74.6 Å². The van der Waals surface area contributed by atoms with E-state index in [0.717, 1.165) is 17.2 Å². The molecule has 3 aromatic rings. The van der Waals surface area contributed by atoms with Crippen LogP contribution in [0.5, 0.6) is 0 Å². The van der Waals surface area contributed by atoms with E-state index in [1.54, 1.807) is 0 Å². The lowest BCUT2D eigenvalue weighted by molar-refractivity contribution is -0.384. The summed E-state index contributed by atoms with van der Waals surface area (Å²) >= 11 is 6.02. The number of carbonyl (C=O) groups excluding carboxylic acids is 1. The average Bonchev–Trinajstić information content (AvgIpc) is 3.10. The van der Waals surface area contributed by atoms with Gasteiger partial charge in [0.25, 0.3) is 11.6 Å². The summed E-state index contributed by atoms with van der Waals surface area (Å²) in [6.07, 6.45) is 0. The first-order valence-corrected chi connectivity index (χ1v) is 8.32. The Bertz CT molecular complexity index is 1000. The number of hydrogen-bond donors (Lipinski definition) is 0. The van der Waals surface area contributed by atoms with Crippen LogP contribution in [0, 0.1) is 17.0 Å². The number of aromatic nitrogens is 2. The van der Waals surface area contributed by atoms with E-state index in [2.05, 4.69) is 10.1 Å². The number of hydrogen-bond acceptors (Lipinski definition) is 6. The number of benzene rings is 2. The normalized spacial score (nSPS) is 10.6. The second kappa shape index (κ2) is 7.55. The van der Waals surface area contributed by atoms with E-state index >= 15 is 0 Å². The van der Waals surface area contributed by atoms with Crippen LogP contribution in [0.25, 0.3) is 11.4 Å². The molecule has 0 bridgehead atoms. The Labute approximate surface area is 159 Å². The van der Waals surface area contributed by atoms with Gasteiger partial charge in [-0.2, -0.15) is 4.98 Å². The first-order chi connectivity index (χ1) is 12.8. The fourth-order valence-electron chi connectivity index (χ4n) is 2.41. The maximum atomic E-state index is 12.6. The fraction of sp³-hybridized carbons (Fsp3) is 0.167. The summed E-state index contributed by atoms with van der Waals surface area (Å²) in [5.74, 6) is 0.168. The summed E-state index contributed by atoms with van der Waals surface area (Å²) < 4.78 is 5.20. The van der Waals surface area contributed by atoms with Gasteiger partial charge in [-0.3, -0.25) is 14.9 Å². The minimum atomic E-state index is -0.584. The van der Waals surface area contributed by atoms with Crippen LogP contribution in [-0.2, 0) is 6.54 Å². The van der Waals surface area contributed by atoms with Gasteiger partial charge in [0.05, 0.1) is 22.1 Å². The maximum Gasteiger partial charge on any atom is 0.270 e. The van der Waals surface area contributed by atoms with E-state index in [0.29, 0.717) is 5.82 Å². The Balaban J connectivity index is 1.77. The van der Waals surface area contributed by atoms with Gasteiger partial charge in [0.2, 0.25) is 11.7 Å². The van der Waals surface area contributed by atoms with Crippen molar-refractivity contribution in [3.8, 4) is 11.4 Å². The standard InChI is InChI=1S/C18H15ClN4O4/c1-11-3-5-12(6-4-11)17-20-16(27-21-17)10-22(2)18(24)14-9-13(23(25)26)7-8-15(14)19/h3-9H,10H2,1-2H3. The van der Waals surface area contributed by atoms with Crippen molar-refractivity contribution >= 4 is 23.2 Å². The molecule has 0 fully saturated rings. The van der Waals surface area contributed by atoms with Crippen molar-refractivity contribution in [2.75, 3.05) is 7.05 Å². The third-order valence-electron chi connectivity index (χ3n) is 3.89. The molecule has 0 unspecified atom stereocenters. The van der Waals surface area contributed by atoms with Crippen molar-refractivity contribution in [2.45, 2.75) is 13.5 Å². The number of rotatable bonds is 5. The molecule has 0 aliphatic carbocycles. The molecule has 8 nitrogen and oxygen atoms in total. The maximum absolute atomic E-state index is 12.6. The Kier molecular flexibility index (Phi) is 5.18. The third-order valence-corrected chi connectivity index (χ3v) is 4.22. The number of aryl methyl sites for hydroxylation is 1. The highest BCUT2D eigenvalue weighted by molar-refractivity contribution is 6.33. The van der Waals surface area contributed by atoms with Crippen LogP contribution in [0.4, 0.5) is 5.69 Å². The first-order valence-electron chi connectivity index (χ1n) is 7.94. The molecule has 0 radical (unpaired) electrons. The topological polar surface area (TPSA) is 102 Å². The van der Waals surface area contributed by atoms with E-state index < -0.39 is 10.8 Å². The lowest BCUT2D eigenvalue weighted by Crippen LogP contribution is -2.26. The summed E-state index contributed by atoms with van der Waals surface area (Å²) in [6, 6.07) is 11.3. The smallest absolute Gasteiger partial charge is 0.270 e. The SMILES string of the molecule is Cc1ccc(-c2noc(CN(C)C(=O)c3cc([N+](=O)[O-])ccc3Cl)n2)cc1. The van der Waals surface area contributed by atoms with Crippen LogP contribution >= 0.6 is 11.6 Å². The fourth-order valence-corrected chi connectivity index (χ4v) is 2.61. The van der Waals surface area contributed by atoms with E-state index in [1.165, 1.54) is 24.1 Å². The molecule has 3 rings (SSSR count). The predicted octanol–water partition coefficient (Wildman–Crippen LogP) is 3.88. The minimum Gasteiger partial charge on any atom is -0.337 e. The van der Waals surface area contributed by atoms with Crippen LogP contribution < -0.4 is 0 Å². The zero-order chi connectivity index (χ0) is 19.6. The second-order valence-corrected chi connectivity index (χ2v) is 6.37. The quantitative estimate of drug-likeness (QED) is 0.487. The van der Waals surface area contributed by atoms with E-state index in [9.17, 15) is 14.9 Å². The van der Waals surface area contributed by atoms with Crippen molar-refractivity contribution < 1.29 is 14.2 Å². The number of nitro groups is 1. The molecule has 0 saturated carbocycles. The van der Waals surface area contributed by atoms with E-state index in [4.69, 9.17) is 16.1 Å². The minimum absolute atomic E-state index is 0.0339. The Morgan fingerprint density at radius 3 is 2.63 bits per heavy atom. The molecular weight excluding hydrogens is 372 g/mol. The lowest BCUT2D eigenvalue weighted by atomic mass is 10.1. The monoisotopic (exact) mass is 386 g/mol. The molecule has 0 N–H and O–H groups in total. The number of nitrogens with zero attached hydrogens (tertiary/aromatic N) is 4. The molecule has 1 amide bonds. The van der Waals surface area contributed by atoms with Gasteiger partial charge in [0, 0.05) is 24.7 Å². The van der Waals surface area contributed by atoms with Crippen molar-refractivity contribution in [3.63, 3.8) is 0 Å². The highest BCUT2D eigenvalue weighted by Gasteiger charge is 2.21. The number of non-ortho nitro benzene ring substituents is 1. The molecule has 1 heterocycles. The average molecular weight is 387 g/mol. The van der Waals surface area contributed by atoms with Crippen LogP contribution in [0.2, 0.25) is 5.02 Å². The molecule has 2 aromatic carbocycles. The Morgan fingerprint density at radius 1 is 1.26 bits per heavy atom. The number of halogens is 1. The second-order valence-electron chi connectivity index (χ2n) is 5.96. The number of carbonyl (C=O) groups is 1. The zero-order valence-electron chi connectivity index (χ0n) is 14.5. The summed E-state index contributed by atoms with van der Waals surface area (Å²) in [7, 11) is 1.52. The van der Waals surface area contributed by atoms with Crippen LogP contribution in [0.3, 0.4) is 0 Å². The predicted molar refractivity (Wildman–Crippen MR) is 98.4 cm³/mol. The molecule has 1 aromatic heterocycles. The van der Waals surface area contributed by atoms with Gasteiger partial charge in [-0.15, -0.1) is 0 Å². The van der Waals surface area contributed by atoms with Crippen molar-refractivity contribution in [2.24, 2.45) is 0 Å². The molecular formula is C18H15ClN4O4. The van der Waals surface area contributed by atoms with Gasteiger partial charge in [0.15, 0.2) is 0 Å². The van der Waals surface area contributed by atoms with Crippen LogP contribution in [-0.4, -0.2) is 32.9 Å². The van der Waals surface area contributed by atoms with Crippen LogP contribution in [0.1, 0.15) is 21.8 Å². The molecule has 0 aliphatic heterocycles. The summed E-state index contributed by atoms with van der Waals surface area (Å²) in [5.41, 5.74) is 1.73. The summed E-state index contributed by atoms with van der Waals surface area (Å²) in [6.45, 7) is 2.02. The highest BCUT2D eigenvalue weighted by Crippen LogP contribution is 2.24. The van der Waals surface area contributed by atoms with Crippen molar-refractivity contribution in [1.29, 1.82) is 0 Å². The molecule has 0 spiro atoms. The number of nitro benzene ring substituents is 1. The van der Waals surface area contributed by atoms with Gasteiger partial charge in [-0.05, 0) is 13.0 Å². The van der Waals surface area contributed by atoms with Gasteiger partial charge < -0.3 is 9.42 Å². The van der Waals surface area contributed by atoms with E-state index in [1.807, 2.05) is 31.2 Å². The third kappa shape index (κ3) is 4.12. The first kappa shape index (κ1) is 18.5. The van der Waals surface area contributed by atoms with Gasteiger partial charge in [0.1, 0.15) is 0 Å². The molecule has 9 heteroatoms. The largest absolute Gasteiger partial charge is 0.337 e. The highest BCUT2D eigenvalue weighted by atomic mass is 35.5. The van der Waals surface area contributed by atoms with Crippen molar-refractivity contribution in [1.82, 2.24) is 15.0 Å². The molecule has 0 atom stereocenters. The molecule has 27 heavy (non-hydrogen) atoms. The molecule has 0 saturated heterocycles. The van der Waals surface area contributed by atoms with E-state index in [-0.39, 0.29) is 28.7 Å². The summed E-state index contributed by atoms with van der Waals surface area (Å²) in [5, 5.41) is 15.0. The molecule has 0 aliphatic rings. The van der Waals surface area contributed by atoms with Gasteiger partial charge in [-0.1, -0.05) is 46.6 Å². The van der Waals surface area contributed by atoms with Crippen LogP contribution in [0.15, 0.2) is 47.0 Å². The lowest BCUT2D eigenvalue weighted by Gasteiger charge is -2.15. The number of amides is 1. The van der Waals surface area contributed by atoms with Gasteiger partial charge >= 0.3 is 0 Å². The Hall–Kier alpha value is -3.26. The molecule has 138 valence electrons. The summed E-state index contributed by atoms with van der Waals surface area (Å²) in [4.78, 5) is 28.5. The van der Waals surface area contributed by atoms with Gasteiger partial charge in [-0.25, -0.2) is 0 Å². The Morgan fingerprint density at radius 2 is 1.96 bits per heavy atom. The zero-order valence-corrected chi connectivity index (χ0v) is 15.3.